The fourth-order valence-corrected chi connectivity index (χ4v) is 4.38. The molecule has 0 radical (unpaired) electrons. The van der Waals surface area contributed by atoms with Crippen molar-refractivity contribution in [2.45, 2.75) is 27.0 Å². The van der Waals surface area contributed by atoms with Crippen LogP contribution in [0.4, 0.5) is 9.18 Å². The molecule has 0 saturated carbocycles. The fourth-order valence-electron chi connectivity index (χ4n) is 3.60. The topological polar surface area (TPSA) is 67.9 Å². The second-order valence-electron chi connectivity index (χ2n) is 8.01. The second kappa shape index (κ2) is 10.9. The number of amides is 3. The molecule has 180 valence electrons. The van der Waals surface area contributed by atoms with Gasteiger partial charge in [-0.25, -0.2) is 9.18 Å². The molecule has 0 atom stereocenters. The third-order valence-electron chi connectivity index (χ3n) is 5.40. The quantitative estimate of drug-likeness (QED) is 0.206. The van der Waals surface area contributed by atoms with Gasteiger partial charge in [-0.05, 0) is 71.8 Å². The van der Waals surface area contributed by atoms with Crippen LogP contribution in [0.2, 0.25) is 0 Å². The molecule has 8 heteroatoms. The molecule has 0 aliphatic carbocycles. The Morgan fingerprint density at radius 1 is 1.06 bits per heavy atom. The highest BCUT2D eigenvalue weighted by molar-refractivity contribution is 14.1. The Balaban J connectivity index is 1.55. The Kier molecular flexibility index (Phi) is 7.70. The van der Waals surface area contributed by atoms with Crippen molar-refractivity contribution in [2.24, 2.45) is 0 Å². The highest BCUT2D eigenvalue weighted by atomic mass is 127. The van der Waals surface area contributed by atoms with E-state index in [1.54, 1.807) is 30.3 Å². The van der Waals surface area contributed by atoms with Gasteiger partial charge in [0.1, 0.15) is 18.1 Å². The highest BCUT2D eigenvalue weighted by Gasteiger charge is 2.33. The van der Waals surface area contributed by atoms with E-state index in [0.29, 0.717) is 29.2 Å². The Morgan fingerprint density at radius 2 is 1.80 bits per heavy atom. The summed E-state index contributed by atoms with van der Waals surface area (Å²) in [7, 11) is 0. The number of imide groups is 1. The zero-order chi connectivity index (χ0) is 24.9. The highest BCUT2D eigenvalue weighted by Crippen LogP contribution is 2.36. The van der Waals surface area contributed by atoms with E-state index in [-0.39, 0.29) is 24.7 Å². The molecule has 0 aromatic heterocycles. The maximum atomic E-state index is 14.0. The van der Waals surface area contributed by atoms with Crippen molar-refractivity contribution in [3.63, 3.8) is 0 Å². The first kappa shape index (κ1) is 24.7. The van der Waals surface area contributed by atoms with Crippen molar-refractivity contribution < 1.29 is 23.5 Å². The van der Waals surface area contributed by atoms with Gasteiger partial charge in [0.25, 0.3) is 5.91 Å². The van der Waals surface area contributed by atoms with Crippen molar-refractivity contribution in [1.82, 2.24) is 10.2 Å². The maximum Gasteiger partial charge on any atom is 0.329 e. The van der Waals surface area contributed by atoms with Gasteiger partial charge in [-0.3, -0.25) is 9.69 Å². The summed E-state index contributed by atoms with van der Waals surface area (Å²) >= 11 is 2.11. The monoisotopic (exact) mass is 586 g/mol. The summed E-state index contributed by atoms with van der Waals surface area (Å²) in [4.78, 5) is 26.6. The Hall–Kier alpha value is -3.40. The number of halogens is 2. The molecule has 4 rings (SSSR count). The molecular weight excluding hydrogens is 562 g/mol. The number of carbonyl (C=O) groups is 2. The minimum absolute atomic E-state index is 0.0473. The van der Waals surface area contributed by atoms with Crippen LogP contribution in [0.3, 0.4) is 0 Å². The van der Waals surface area contributed by atoms with E-state index in [9.17, 15) is 14.0 Å². The molecule has 1 aliphatic heterocycles. The van der Waals surface area contributed by atoms with E-state index in [0.717, 1.165) is 14.7 Å². The summed E-state index contributed by atoms with van der Waals surface area (Å²) in [6, 6.07) is 17.2. The molecule has 0 unspecified atom stereocenters. The SMILES string of the molecule is CCOc1cc(/C=C2/NC(=O)N(Cc3ccc(C)cc3)C2=O)cc(I)c1OCc1ccccc1F. The molecule has 0 bridgehead atoms. The Bertz CT molecular complexity index is 1290. The number of hydrogen-bond acceptors (Lipinski definition) is 4. The van der Waals surface area contributed by atoms with Gasteiger partial charge in [-0.1, -0.05) is 48.0 Å². The summed E-state index contributed by atoms with van der Waals surface area (Å²) in [5, 5.41) is 2.65. The number of benzene rings is 3. The number of nitrogens with one attached hydrogen (secondary N) is 1. The molecule has 0 spiro atoms. The minimum Gasteiger partial charge on any atom is -0.490 e. The number of nitrogens with zero attached hydrogens (tertiary/aromatic N) is 1. The molecule has 3 aromatic carbocycles. The molecule has 1 aliphatic rings. The summed E-state index contributed by atoms with van der Waals surface area (Å²) in [6.07, 6.45) is 1.61. The van der Waals surface area contributed by atoms with E-state index >= 15 is 0 Å². The zero-order valence-corrected chi connectivity index (χ0v) is 21.5. The smallest absolute Gasteiger partial charge is 0.329 e. The maximum absolute atomic E-state index is 14.0. The van der Waals surface area contributed by atoms with Gasteiger partial charge < -0.3 is 14.8 Å². The normalized spacial score (nSPS) is 14.4. The number of urea groups is 1. The van der Waals surface area contributed by atoms with Crippen molar-refractivity contribution >= 4 is 40.6 Å². The molecule has 35 heavy (non-hydrogen) atoms. The summed E-state index contributed by atoms with van der Waals surface area (Å²) in [6.45, 7) is 4.46. The molecule has 3 aromatic rings. The van der Waals surface area contributed by atoms with Gasteiger partial charge in [0.2, 0.25) is 0 Å². The van der Waals surface area contributed by atoms with Crippen LogP contribution in [0.15, 0.2) is 66.4 Å². The third kappa shape index (κ3) is 5.82. The van der Waals surface area contributed by atoms with Crippen LogP contribution in [0.1, 0.15) is 29.2 Å². The van der Waals surface area contributed by atoms with E-state index in [1.807, 2.05) is 44.2 Å². The lowest BCUT2D eigenvalue weighted by molar-refractivity contribution is -0.123. The number of aryl methyl sites for hydroxylation is 1. The van der Waals surface area contributed by atoms with Crippen molar-refractivity contribution in [3.8, 4) is 11.5 Å². The summed E-state index contributed by atoms with van der Waals surface area (Å²) in [5.41, 5.74) is 3.25. The standard InChI is InChI=1S/C27H24FIN2O4/c1-3-34-24-14-19(12-22(29)25(24)35-16-20-6-4-5-7-21(20)28)13-23-26(32)31(27(33)30-23)15-18-10-8-17(2)9-11-18/h4-14H,3,15-16H2,1-2H3,(H,30,33)/b23-13+. The summed E-state index contributed by atoms with van der Waals surface area (Å²) < 4.78 is 26.4. The van der Waals surface area contributed by atoms with Crippen LogP contribution in [0, 0.1) is 16.3 Å². The largest absolute Gasteiger partial charge is 0.490 e. The second-order valence-corrected chi connectivity index (χ2v) is 9.17. The Morgan fingerprint density at radius 3 is 2.51 bits per heavy atom. The first-order chi connectivity index (χ1) is 16.9. The van der Waals surface area contributed by atoms with Gasteiger partial charge in [0.05, 0.1) is 16.7 Å². The van der Waals surface area contributed by atoms with Crippen molar-refractivity contribution in [1.29, 1.82) is 0 Å². The van der Waals surface area contributed by atoms with Gasteiger partial charge in [-0.15, -0.1) is 0 Å². The predicted molar refractivity (Wildman–Crippen MR) is 139 cm³/mol. The number of carbonyl (C=O) groups excluding carboxylic acids is 2. The first-order valence-electron chi connectivity index (χ1n) is 11.1. The summed E-state index contributed by atoms with van der Waals surface area (Å²) in [5.74, 6) is 0.215. The van der Waals surface area contributed by atoms with Gasteiger partial charge in [-0.2, -0.15) is 0 Å². The molecule has 3 amide bonds. The van der Waals surface area contributed by atoms with Crippen LogP contribution < -0.4 is 14.8 Å². The van der Waals surface area contributed by atoms with Crippen LogP contribution in [0.5, 0.6) is 11.5 Å². The number of rotatable bonds is 8. The molecular formula is C27H24FIN2O4. The number of ether oxygens (including phenoxy) is 2. The molecule has 1 N–H and O–H groups in total. The Labute approximate surface area is 216 Å². The van der Waals surface area contributed by atoms with Gasteiger partial charge in [0, 0.05) is 5.56 Å². The van der Waals surface area contributed by atoms with Gasteiger partial charge >= 0.3 is 6.03 Å². The third-order valence-corrected chi connectivity index (χ3v) is 6.20. The van der Waals surface area contributed by atoms with E-state index in [4.69, 9.17) is 9.47 Å². The lowest BCUT2D eigenvalue weighted by atomic mass is 10.1. The number of hydrogen-bond donors (Lipinski definition) is 1. The van der Waals surface area contributed by atoms with E-state index in [2.05, 4.69) is 27.9 Å². The first-order valence-corrected chi connectivity index (χ1v) is 12.2. The minimum atomic E-state index is -0.466. The van der Waals surface area contributed by atoms with Gasteiger partial charge in [0.15, 0.2) is 11.5 Å². The fraction of sp³-hybridized carbons (Fsp3) is 0.185. The van der Waals surface area contributed by atoms with E-state index in [1.165, 1.54) is 11.0 Å². The molecule has 1 fully saturated rings. The average Bonchev–Trinajstić information content (AvgIpc) is 3.08. The van der Waals surface area contributed by atoms with Crippen molar-refractivity contribution in [2.75, 3.05) is 6.61 Å². The van der Waals surface area contributed by atoms with Crippen LogP contribution in [0.25, 0.3) is 6.08 Å². The van der Waals surface area contributed by atoms with Crippen LogP contribution >= 0.6 is 22.6 Å². The molecule has 1 saturated heterocycles. The molecule has 6 nitrogen and oxygen atoms in total. The zero-order valence-electron chi connectivity index (χ0n) is 19.3. The van der Waals surface area contributed by atoms with Crippen LogP contribution in [-0.4, -0.2) is 23.4 Å². The lowest BCUT2D eigenvalue weighted by Gasteiger charge is -2.15. The lowest BCUT2D eigenvalue weighted by Crippen LogP contribution is -2.30. The molecule has 1 heterocycles. The average molecular weight is 586 g/mol. The van der Waals surface area contributed by atoms with E-state index < -0.39 is 11.9 Å². The van der Waals surface area contributed by atoms with Crippen molar-refractivity contribution in [3.05, 3.63) is 98.0 Å². The predicted octanol–water partition coefficient (Wildman–Crippen LogP) is 5.81. The van der Waals surface area contributed by atoms with Crippen LogP contribution in [-0.2, 0) is 17.9 Å².